The lowest BCUT2D eigenvalue weighted by atomic mass is 10.0. The number of nitrogen functional groups attached to an aromatic ring is 1. The first kappa shape index (κ1) is 13.6. The number of pyridine rings is 1. The van der Waals surface area contributed by atoms with E-state index in [1.807, 2.05) is 0 Å². The molecule has 1 fully saturated rings. The van der Waals surface area contributed by atoms with Gasteiger partial charge in [-0.15, -0.1) is 0 Å². The van der Waals surface area contributed by atoms with Crippen molar-refractivity contribution in [3.8, 4) is 0 Å². The molecule has 1 heterocycles. The Morgan fingerprint density at radius 3 is 2.37 bits per heavy atom. The Hall–Kier alpha value is -1.85. The quantitative estimate of drug-likeness (QED) is 0.644. The number of nitrogens with two attached hydrogens (primary N) is 1. The fourth-order valence-corrected chi connectivity index (χ4v) is 2.77. The van der Waals surface area contributed by atoms with E-state index in [1.165, 1.54) is 6.07 Å². The monoisotopic (exact) mass is 264 g/mol. The highest BCUT2D eigenvalue weighted by atomic mass is 16.6. The van der Waals surface area contributed by atoms with Crippen LogP contribution in [0.3, 0.4) is 0 Å². The summed E-state index contributed by atoms with van der Waals surface area (Å²) in [5, 5.41) is 13.9. The van der Waals surface area contributed by atoms with Gasteiger partial charge in [-0.05, 0) is 22.8 Å². The molecular weight excluding hydrogens is 244 g/mol. The van der Waals surface area contributed by atoms with E-state index in [-0.39, 0.29) is 11.5 Å². The summed E-state index contributed by atoms with van der Waals surface area (Å²) < 4.78 is 0. The molecule has 3 N–H and O–H groups in total. The molecule has 6 heteroatoms. The van der Waals surface area contributed by atoms with Gasteiger partial charge in [0, 0.05) is 12.6 Å². The molecule has 104 valence electrons. The van der Waals surface area contributed by atoms with Gasteiger partial charge in [0.1, 0.15) is 5.82 Å². The highest BCUT2D eigenvalue weighted by Crippen LogP contribution is 2.68. The van der Waals surface area contributed by atoms with Crippen LogP contribution in [0.5, 0.6) is 0 Å². The van der Waals surface area contributed by atoms with E-state index in [0.29, 0.717) is 22.6 Å². The maximum atomic E-state index is 10.6. The lowest BCUT2D eigenvalue weighted by Crippen LogP contribution is -2.10. The number of aromatic nitrogens is 1. The second kappa shape index (κ2) is 4.08. The topological polar surface area (TPSA) is 94.1 Å². The average molecular weight is 264 g/mol. The average Bonchev–Trinajstić information content (AvgIpc) is 2.66. The second-order valence-corrected chi connectivity index (χ2v) is 6.23. The maximum absolute atomic E-state index is 10.6. The Balaban J connectivity index is 2.02. The van der Waals surface area contributed by atoms with Gasteiger partial charge in [-0.25, -0.2) is 4.98 Å². The third-order valence-electron chi connectivity index (χ3n) is 4.91. The molecule has 2 rings (SSSR count). The van der Waals surface area contributed by atoms with Crippen molar-refractivity contribution in [3.63, 3.8) is 0 Å². The van der Waals surface area contributed by atoms with Gasteiger partial charge in [-0.1, -0.05) is 27.7 Å². The maximum Gasteiger partial charge on any atom is 0.311 e. The van der Waals surface area contributed by atoms with Gasteiger partial charge in [-0.3, -0.25) is 10.1 Å². The molecule has 1 aliphatic rings. The molecule has 0 amide bonds. The van der Waals surface area contributed by atoms with E-state index in [0.717, 1.165) is 6.54 Å². The number of nitro groups is 1. The predicted octanol–water partition coefficient (Wildman–Crippen LogP) is 2.67. The summed E-state index contributed by atoms with van der Waals surface area (Å²) in [5.41, 5.74) is 6.00. The van der Waals surface area contributed by atoms with Gasteiger partial charge in [0.05, 0.1) is 4.92 Å². The summed E-state index contributed by atoms with van der Waals surface area (Å²) in [6.45, 7) is 9.78. The standard InChI is InChI=1S/C13H20N4O2/c1-12(2)9(13(12,3)4)7-15-10-6-5-8(17(18)19)11(14)16-10/h5-6,9H,7H2,1-4H3,(H3,14,15,16). The van der Waals surface area contributed by atoms with E-state index < -0.39 is 4.92 Å². The van der Waals surface area contributed by atoms with Gasteiger partial charge >= 0.3 is 5.69 Å². The van der Waals surface area contributed by atoms with E-state index in [1.54, 1.807) is 6.07 Å². The van der Waals surface area contributed by atoms with Gasteiger partial charge in [0.25, 0.3) is 0 Å². The third-order valence-corrected chi connectivity index (χ3v) is 4.91. The fraction of sp³-hybridized carbons (Fsp3) is 0.615. The number of rotatable bonds is 4. The molecule has 1 aromatic rings. The molecule has 0 radical (unpaired) electrons. The molecule has 19 heavy (non-hydrogen) atoms. The molecule has 0 atom stereocenters. The van der Waals surface area contributed by atoms with Crippen LogP contribution in [0.25, 0.3) is 0 Å². The number of nitrogens with one attached hydrogen (secondary N) is 1. The van der Waals surface area contributed by atoms with Crippen molar-refractivity contribution in [2.45, 2.75) is 27.7 Å². The number of anilines is 2. The molecule has 1 aromatic heterocycles. The first-order chi connectivity index (χ1) is 8.68. The number of hydrogen-bond acceptors (Lipinski definition) is 5. The Morgan fingerprint density at radius 2 is 1.95 bits per heavy atom. The molecule has 6 nitrogen and oxygen atoms in total. The minimum Gasteiger partial charge on any atom is -0.378 e. The van der Waals surface area contributed by atoms with Gasteiger partial charge in [-0.2, -0.15) is 0 Å². The zero-order valence-corrected chi connectivity index (χ0v) is 11.7. The van der Waals surface area contributed by atoms with Crippen LogP contribution in [-0.4, -0.2) is 16.5 Å². The summed E-state index contributed by atoms with van der Waals surface area (Å²) in [5.74, 6) is 1.09. The van der Waals surface area contributed by atoms with Gasteiger partial charge < -0.3 is 11.1 Å². The van der Waals surface area contributed by atoms with Crippen molar-refractivity contribution in [1.82, 2.24) is 4.98 Å². The Morgan fingerprint density at radius 1 is 1.37 bits per heavy atom. The first-order valence-electron chi connectivity index (χ1n) is 6.32. The van der Waals surface area contributed by atoms with Crippen LogP contribution in [0.2, 0.25) is 0 Å². The SMILES string of the molecule is CC1(C)C(CNc2ccc([N+](=O)[O-])c(N)n2)C1(C)C. The summed E-state index contributed by atoms with van der Waals surface area (Å²) in [7, 11) is 0. The molecular formula is C13H20N4O2. The van der Waals surface area contributed by atoms with Gasteiger partial charge in [0.2, 0.25) is 5.82 Å². The zero-order valence-electron chi connectivity index (χ0n) is 11.7. The van der Waals surface area contributed by atoms with Crippen LogP contribution in [0.15, 0.2) is 12.1 Å². The molecule has 0 bridgehead atoms. The number of hydrogen-bond donors (Lipinski definition) is 2. The fourth-order valence-electron chi connectivity index (χ4n) is 2.77. The molecule has 0 aliphatic heterocycles. The smallest absolute Gasteiger partial charge is 0.311 e. The normalized spacial score (nSPS) is 20.0. The molecule has 1 aliphatic carbocycles. The zero-order chi connectivity index (χ0) is 14.4. The van der Waals surface area contributed by atoms with Crippen molar-refractivity contribution < 1.29 is 4.92 Å². The van der Waals surface area contributed by atoms with Crippen molar-refractivity contribution in [2.24, 2.45) is 16.7 Å². The van der Waals surface area contributed by atoms with Crippen LogP contribution < -0.4 is 11.1 Å². The lowest BCUT2D eigenvalue weighted by Gasteiger charge is -2.07. The molecule has 1 saturated carbocycles. The van der Waals surface area contributed by atoms with Crippen molar-refractivity contribution >= 4 is 17.3 Å². The lowest BCUT2D eigenvalue weighted by molar-refractivity contribution is -0.384. The van der Waals surface area contributed by atoms with Crippen LogP contribution in [-0.2, 0) is 0 Å². The summed E-state index contributed by atoms with van der Waals surface area (Å²) >= 11 is 0. The Labute approximate surface area is 112 Å². The van der Waals surface area contributed by atoms with Crippen LogP contribution in [0.1, 0.15) is 27.7 Å². The van der Waals surface area contributed by atoms with E-state index in [9.17, 15) is 10.1 Å². The second-order valence-electron chi connectivity index (χ2n) is 6.23. The Kier molecular flexibility index (Phi) is 2.91. The first-order valence-corrected chi connectivity index (χ1v) is 6.32. The molecule has 0 aromatic carbocycles. The highest BCUT2D eigenvalue weighted by Gasteiger charge is 2.64. The van der Waals surface area contributed by atoms with E-state index in [2.05, 4.69) is 38.0 Å². The molecule has 0 spiro atoms. The van der Waals surface area contributed by atoms with E-state index >= 15 is 0 Å². The number of nitrogens with zero attached hydrogens (tertiary/aromatic N) is 2. The van der Waals surface area contributed by atoms with Crippen molar-refractivity contribution in [2.75, 3.05) is 17.6 Å². The van der Waals surface area contributed by atoms with Crippen molar-refractivity contribution in [1.29, 1.82) is 0 Å². The van der Waals surface area contributed by atoms with Crippen LogP contribution in [0, 0.1) is 26.9 Å². The third kappa shape index (κ3) is 2.11. The molecule has 0 saturated heterocycles. The predicted molar refractivity (Wildman–Crippen MR) is 74.8 cm³/mol. The van der Waals surface area contributed by atoms with Crippen LogP contribution in [0.4, 0.5) is 17.3 Å². The highest BCUT2D eigenvalue weighted by molar-refractivity contribution is 5.57. The minimum atomic E-state index is -0.529. The summed E-state index contributed by atoms with van der Waals surface area (Å²) in [4.78, 5) is 14.1. The van der Waals surface area contributed by atoms with Crippen molar-refractivity contribution in [3.05, 3.63) is 22.2 Å². The van der Waals surface area contributed by atoms with E-state index in [4.69, 9.17) is 5.73 Å². The summed E-state index contributed by atoms with van der Waals surface area (Å²) in [6.07, 6.45) is 0. The van der Waals surface area contributed by atoms with Gasteiger partial charge in [0.15, 0.2) is 0 Å². The summed E-state index contributed by atoms with van der Waals surface area (Å²) in [6, 6.07) is 2.98. The van der Waals surface area contributed by atoms with Crippen LogP contribution >= 0.6 is 0 Å². The minimum absolute atomic E-state index is 0.0516. The largest absolute Gasteiger partial charge is 0.378 e. The molecule has 0 unspecified atom stereocenters. The Bertz CT molecular complexity index is 511.